The number of halogens is 1. The summed E-state index contributed by atoms with van der Waals surface area (Å²) in [6.07, 6.45) is 10.9. The zero-order valence-corrected chi connectivity index (χ0v) is 16.0. The van der Waals surface area contributed by atoms with Crippen LogP contribution in [-0.4, -0.2) is 22.6 Å². The molecule has 0 atom stereocenters. The van der Waals surface area contributed by atoms with E-state index in [4.69, 9.17) is 10.3 Å². The van der Waals surface area contributed by atoms with E-state index in [0.29, 0.717) is 24.7 Å². The van der Waals surface area contributed by atoms with Crippen LogP contribution >= 0.6 is 12.4 Å². The minimum absolute atomic E-state index is 0. The van der Waals surface area contributed by atoms with E-state index >= 15 is 0 Å². The van der Waals surface area contributed by atoms with E-state index in [9.17, 15) is 4.79 Å². The molecule has 1 amide bonds. The number of nitrogens with zero attached hydrogens (tertiary/aromatic N) is 2. The molecule has 1 heterocycles. The molecular weight excluding hydrogens is 352 g/mol. The largest absolute Gasteiger partial charge is 0.355 e. The zero-order valence-electron chi connectivity index (χ0n) is 15.2. The van der Waals surface area contributed by atoms with Crippen LogP contribution in [0.3, 0.4) is 0 Å². The summed E-state index contributed by atoms with van der Waals surface area (Å²) >= 11 is 0. The van der Waals surface area contributed by atoms with Crippen molar-refractivity contribution in [1.82, 2.24) is 15.5 Å². The number of nitrogens with one attached hydrogen (secondary N) is 1. The van der Waals surface area contributed by atoms with Gasteiger partial charge < -0.3 is 15.6 Å². The Hall–Kier alpha value is -1.14. The molecule has 1 aromatic heterocycles. The minimum Gasteiger partial charge on any atom is -0.355 e. The lowest BCUT2D eigenvalue weighted by Gasteiger charge is -2.55. The van der Waals surface area contributed by atoms with Crippen LogP contribution in [0.5, 0.6) is 0 Å². The van der Waals surface area contributed by atoms with Gasteiger partial charge in [0.05, 0.1) is 5.54 Å². The van der Waals surface area contributed by atoms with E-state index in [1.807, 2.05) is 0 Å². The third-order valence-corrected chi connectivity index (χ3v) is 7.30. The lowest BCUT2D eigenvalue weighted by Crippen LogP contribution is -2.53. The van der Waals surface area contributed by atoms with Crippen molar-refractivity contribution in [1.29, 1.82) is 0 Å². The summed E-state index contributed by atoms with van der Waals surface area (Å²) in [5.41, 5.74) is 5.76. The van der Waals surface area contributed by atoms with Crippen LogP contribution in [0.25, 0.3) is 0 Å². The van der Waals surface area contributed by atoms with E-state index in [1.54, 1.807) is 0 Å². The van der Waals surface area contributed by atoms with Crippen LogP contribution in [0.4, 0.5) is 0 Å². The summed E-state index contributed by atoms with van der Waals surface area (Å²) in [6.45, 7) is 0.569. The van der Waals surface area contributed by atoms with E-state index in [-0.39, 0.29) is 29.3 Å². The van der Waals surface area contributed by atoms with E-state index in [0.717, 1.165) is 56.3 Å². The van der Waals surface area contributed by atoms with Crippen molar-refractivity contribution in [3.63, 3.8) is 0 Å². The summed E-state index contributed by atoms with van der Waals surface area (Å²) < 4.78 is 5.33. The van der Waals surface area contributed by atoms with Crippen molar-refractivity contribution in [2.45, 2.75) is 69.7 Å². The quantitative estimate of drug-likeness (QED) is 0.819. The third kappa shape index (κ3) is 2.95. The fraction of sp³-hybridized carbons (Fsp3) is 0.842. The van der Waals surface area contributed by atoms with Crippen molar-refractivity contribution in [3.05, 3.63) is 11.7 Å². The normalized spacial score (nSPS) is 36.3. The summed E-state index contributed by atoms with van der Waals surface area (Å²) in [5.74, 6) is 3.84. The maximum atomic E-state index is 12.9. The highest BCUT2D eigenvalue weighted by Crippen LogP contribution is 2.60. The molecule has 5 aliphatic carbocycles. The molecule has 6 nitrogen and oxygen atoms in total. The maximum absolute atomic E-state index is 12.9. The number of carbonyl (C=O) groups is 1. The van der Waals surface area contributed by atoms with Gasteiger partial charge in [-0.05, 0) is 75.5 Å². The topological polar surface area (TPSA) is 94.0 Å². The van der Waals surface area contributed by atoms with Crippen LogP contribution < -0.4 is 11.1 Å². The van der Waals surface area contributed by atoms with Gasteiger partial charge in [-0.3, -0.25) is 4.79 Å². The molecule has 0 spiro atoms. The molecule has 144 valence electrons. The number of rotatable bonds is 5. The second-order valence-corrected chi connectivity index (χ2v) is 9.23. The zero-order chi connectivity index (χ0) is 17.1. The fourth-order valence-electron chi connectivity index (χ4n) is 6.20. The van der Waals surface area contributed by atoms with Crippen LogP contribution in [-0.2, 0) is 16.8 Å². The molecule has 1 aromatic rings. The molecule has 0 aromatic carbocycles. The summed E-state index contributed by atoms with van der Waals surface area (Å²) in [4.78, 5) is 17.3. The first-order valence-electron chi connectivity index (χ1n) is 9.95. The van der Waals surface area contributed by atoms with Gasteiger partial charge in [0.2, 0.25) is 11.8 Å². The Kier molecular flexibility index (Phi) is 4.55. The first-order chi connectivity index (χ1) is 12.0. The Balaban J connectivity index is 0.00000168. The Bertz CT molecular complexity index is 650. The Labute approximate surface area is 160 Å². The monoisotopic (exact) mass is 380 g/mol. The standard InChI is InChI=1S/C19H28N4O2.ClH/c20-19(3-1-4-19)16-22-15(25-23-16)2-5-21-17(24)18-9-12-6-13(10-18)8-14(7-12)11-18;/h12-14H,1-11,20H2,(H,21,24);1H. The molecular formula is C19H29ClN4O2. The van der Waals surface area contributed by atoms with Gasteiger partial charge in [0.15, 0.2) is 5.82 Å². The predicted octanol–water partition coefficient (Wildman–Crippen LogP) is 2.70. The Morgan fingerprint density at radius 2 is 1.77 bits per heavy atom. The number of hydrogen-bond acceptors (Lipinski definition) is 5. The van der Waals surface area contributed by atoms with E-state index in [1.165, 1.54) is 19.3 Å². The molecule has 0 unspecified atom stereocenters. The SMILES string of the molecule is Cl.NC1(c2noc(CCNC(=O)C34CC5CC(CC(C5)C3)C4)n2)CCC1. The molecule has 7 heteroatoms. The van der Waals surface area contributed by atoms with Crippen molar-refractivity contribution in [2.24, 2.45) is 28.9 Å². The van der Waals surface area contributed by atoms with Gasteiger partial charge in [0.25, 0.3) is 0 Å². The van der Waals surface area contributed by atoms with E-state index < -0.39 is 0 Å². The lowest BCUT2D eigenvalue weighted by molar-refractivity contribution is -0.146. The number of carbonyl (C=O) groups excluding carboxylic acids is 1. The molecule has 0 aliphatic heterocycles. The van der Waals surface area contributed by atoms with Crippen LogP contribution in [0.1, 0.15) is 69.5 Å². The molecule has 5 fully saturated rings. The smallest absolute Gasteiger partial charge is 0.228 e. The molecule has 0 saturated heterocycles. The Morgan fingerprint density at radius 3 is 2.31 bits per heavy atom. The van der Waals surface area contributed by atoms with Crippen LogP contribution in [0, 0.1) is 23.2 Å². The fourth-order valence-corrected chi connectivity index (χ4v) is 6.20. The van der Waals surface area contributed by atoms with Gasteiger partial charge in [-0.25, -0.2) is 0 Å². The highest BCUT2D eigenvalue weighted by Gasteiger charge is 2.54. The van der Waals surface area contributed by atoms with Crippen molar-refractivity contribution < 1.29 is 9.32 Å². The molecule has 6 rings (SSSR count). The second kappa shape index (κ2) is 6.48. The van der Waals surface area contributed by atoms with E-state index in [2.05, 4.69) is 15.5 Å². The predicted molar refractivity (Wildman–Crippen MR) is 98.6 cm³/mol. The highest BCUT2D eigenvalue weighted by atomic mass is 35.5. The van der Waals surface area contributed by atoms with Gasteiger partial charge in [-0.1, -0.05) is 5.16 Å². The second-order valence-electron chi connectivity index (χ2n) is 9.23. The van der Waals surface area contributed by atoms with Crippen LogP contribution in [0.2, 0.25) is 0 Å². The van der Waals surface area contributed by atoms with Crippen LogP contribution in [0.15, 0.2) is 4.52 Å². The van der Waals surface area contributed by atoms with Crippen molar-refractivity contribution in [2.75, 3.05) is 6.54 Å². The van der Waals surface area contributed by atoms with Gasteiger partial charge >= 0.3 is 0 Å². The van der Waals surface area contributed by atoms with Crippen molar-refractivity contribution >= 4 is 18.3 Å². The molecule has 3 N–H and O–H groups in total. The lowest BCUT2D eigenvalue weighted by atomic mass is 9.49. The molecule has 5 aliphatic rings. The third-order valence-electron chi connectivity index (χ3n) is 7.30. The maximum Gasteiger partial charge on any atom is 0.228 e. The first-order valence-corrected chi connectivity index (χ1v) is 9.95. The Morgan fingerprint density at radius 1 is 1.15 bits per heavy atom. The highest BCUT2D eigenvalue weighted by molar-refractivity contribution is 5.85. The minimum atomic E-state index is -0.385. The average Bonchev–Trinajstić information content (AvgIpc) is 3.00. The molecule has 4 bridgehead atoms. The van der Waals surface area contributed by atoms with Gasteiger partial charge in [-0.2, -0.15) is 4.98 Å². The molecule has 26 heavy (non-hydrogen) atoms. The van der Waals surface area contributed by atoms with Crippen molar-refractivity contribution in [3.8, 4) is 0 Å². The number of amides is 1. The van der Waals surface area contributed by atoms with Gasteiger partial charge in [-0.15, -0.1) is 12.4 Å². The molecule has 0 radical (unpaired) electrons. The summed E-state index contributed by atoms with van der Waals surface area (Å²) in [7, 11) is 0. The average molecular weight is 381 g/mol. The number of nitrogens with two attached hydrogens (primary N) is 1. The number of aromatic nitrogens is 2. The summed E-state index contributed by atoms with van der Waals surface area (Å²) in [5, 5.41) is 7.20. The summed E-state index contributed by atoms with van der Waals surface area (Å²) in [6, 6.07) is 0. The first kappa shape index (κ1) is 18.2. The molecule has 5 saturated carbocycles. The van der Waals surface area contributed by atoms with Gasteiger partial charge in [0.1, 0.15) is 0 Å². The number of hydrogen-bond donors (Lipinski definition) is 2. The van der Waals surface area contributed by atoms with Gasteiger partial charge in [0, 0.05) is 18.4 Å².